The smallest absolute Gasteiger partial charge is 0.161 e. The Balaban J connectivity index is 2.48. The maximum absolute atomic E-state index is 5.41. The molecule has 1 N–H and O–H groups in total. The van der Waals surface area contributed by atoms with Gasteiger partial charge in [-0.3, -0.25) is 9.67 Å². The third kappa shape index (κ3) is 2.76. The van der Waals surface area contributed by atoms with Crippen molar-refractivity contribution in [1.82, 2.24) is 20.1 Å². The van der Waals surface area contributed by atoms with Gasteiger partial charge in [-0.05, 0) is 31.2 Å². The number of aromatic nitrogens is 3. The Bertz CT molecular complexity index is 550. The fourth-order valence-corrected chi connectivity index (χ4v) is 2.24. The first-order valence-corrected chi connectivity index (χ1v) is 6.39. The summed E-state index contributed by atoms with van der Waals surface area (Å²) < 4.78 is 7.26. The summed E-state index contributed by atoms with van der Waals surface area (Å²) in [6.45, 7) is 4.94. The van der Waals surface area contributed by atoms with Crippen LogP contribution in [0.4, 0.5) is 0 Å². The normalized spacial score (nSPS) is 12.4. The molecule has 0 bridgehead atoms. The first-order valence-electron chi connectivity index (χ1n) is 6.39. The number of hydrogen-bond donors (Lipinski definition) is 1. The predicted octanol–water partition coefficient (Wildman–Crippen LogP) is 1.83. The van der Waals surface area contributed by atoms with Crippen LogP contribution in [0.3, 0.4) is 0 Å². The summed E-state index contributed by atoms with van der Waals surface area (Å²) in [5.74, 6) is 0.794. The molecule has 0 aliphatic rings. The molecule has 0 aromatic carbocycles. The minimum absolute atomic E-state index is 0.0501. The highest BCUT2D eigenvalue weighted by atomic mass is 16.5. The van der Waals surface area contributed by atoms with Gasteiger partial charge in [-0.15, -0.1) is 0 Å². The van der Waals surface area contributed by atoms with E-state index in [1.807, 2.05) is 30.9 Å². The van der Waals surface area contributed by atoms with Crippen molar-refractivity contribution < 1.29 is 4.74 Å². The molecule has 2 aromatic rings. The van der Waals surface area contributed by atoms with Gasteiger partial charge in [0, 0.05) is 18.9 Å². The molecule has 1 atom stereocenters. The number of aryl methyl sites for hydroxylation is 2. The largest absolute Gasteiger partial charge is 0.493 e. The molecule has 0 amide bonds. The lowest BCUT2D eigenvalue weighted by molar-refractivity contribution is 0.401. The Labute approximate surface area is 113 Å². The minimum Gasteiger partial charge on any atom is -0.493 e. The Morgan fingerprint density at radius 1 is 1.47 bits per heavy atom. The summed E-state index contributed by atoms with van der Waals surface area (Å²) in [5.41, 5.74) is 3.19. The van der Waals surface area contributed by atoms with Gasteiger partial charge in [-0.2, -0.15) is 5.10 Å². The Hall–Kier alpha value is -1.88. The molecular weight excluding hydrogens is 240 g/mol. The molecule has 19 heavy (non-hydrogen) atoms. The highest BCUT2D eigenvalue weighted by Gasteiger charge is 2.21. The van der Waals surface area contributed by atoms with E-state index in [1.165, 1.54) is 0 Å². The van der Waals surface area contributed by atoms with E-state index in [9.17, 15) is 0 Å². The van der Waals surface area contributed by atoms with Crippen LogP contribution in [0.25, 0.3) is 0 Å². The average molecular weight is 260 g/mol. The van der Waals surface area contributed by atoms with Crippen molar-refractivity contribution in [3.63, 3.8) is 0 Å². The van der Waals surface area contributed by atoms with Crippen LogP contribution in [-0.2, 0) is 7.05 Å². The van der Waals surface area contributed by atoms with Crippen LogP contribution in [0.15, 0.2) is 24.5 Å². The van der Waals surface area contributed by atoms with Gasteiger partial charge in [-0.1, -0.05) is 6.92 Å². The monoisotopic (exact) mass is 260 g/mol. The molecule has 102 valence electrons. The molecular formula is C14H20N4O. The van der Waals surface area contributed by atoms with Crippen molar-refractivity contribution in [2.75, 3.05) is 13.7 Å². The third-order valence-corrected chi connectivity index (χ3v) is 3.10. The van der Waals surface area contributed by atoms with Crippen LogP contribution in [0, 0.1) is 6.92 Å². The number of nitrogens with one attached hydrogen (secondary N) is 1. The van der Waals surface area contributed by atoms with Crippen LogP contribution in [0.1, 0.15) is 29.9 Å². The summed E-state index contributed by atoms with van der Waals surface area (Å²) >= 11 is 0. The van der Waals surface area contributed by atoms with Gasteiger partial charge in [0.25, 0.3) is 0 Å². The van der Waals surface area contributed by atoms with E-state index in [-0.39, 0.29) is 6.04 Å². The highest BCUT2D eigenvalue weighted by Crippen LogP contribution is 2.29. The van der Waals surface area contributed by atoms with Crippen molar-refractivity contribution in [1.29, 1.82) is 0 Å². The van der Waals surface area contributed by atoms with Crippen LogP contribution < -0.4 is 10.1 Å². The maximum Gasteiger partial charge on any atom is 0.161 e. The molecule has 1 unspecified atom stereocenters. The molecule has 2 heterocycles. The lowest BCUT2D eigenvalue weighted by Gasteiger charge is -2.20. The second kappa shape index (κ2) is 5.84. The van der Waals surface area contributed by atoms with E-state index < -0.39 is 0 Å². The first kappa shape index (κ1) is 13.5. The summed E-state index contributed by atoms with van der Waals surface area (Å²) in [4.78, 5) is 4.25. The van der Waals surface area contributed by atoms with Crippen LogP contribution in [0.2, 0.25) is 0 Å². The molecule has 0 aliphatic heterocycles. The Morgan fingerprint density at radius 3 is 2.89 bits per heavy atom. The predicted molar refractivity (Wildman–Crippen MR) is 74.3 cm³/mol. The average Bonchev–Trinajstić information content (AvgIpc) is 2.77. The highest BCUT2D eigenvalue weighted by molar-refractivity contribution is 5.36. The second-order valence-corrected chi connectivity index (χ2v) is 4.44. The number of nitrogens with zero attached hydrogens (tertiary/aromatic N) is 3. The molecule has 2 rings (SSSR count). The number of ether oxygens (including phenoxy) is 1. The number of rotatable bonds is 5. The SMILES string of the molecule is CCNC(c1ccnc(C)c1)c1c(OC)cnn1C. The Morgan fingerprint density at radius 2 is 2.26 bits per heavy atom. The summed E-state index contributed by atoms with van der Waals surface area (Å²) in [5, 5.41) is 7.75. The summed E-state index contributed by atoms with van der Waals surface area (Å²) in [6, 6.07) is 4.15. The molecule has 0 saturated heterocycles. The van der Waals surface area contributed by atoms with Crippen LogP contribution in [-0.4, -0.2) is 28.4 Å². The van der Waals surface area contributed by atoms with Crippen molar-refractivity contribution in [2.45, 2.75) is 19.9 Å². The summed E-state index contributed by atoms with van der Waals surface area (Å²) in [6.07, 6.45) is 3.57. The van der Waals surface area contributed by atoms with Gasteiger partial charge in [0.05, 0.1) is 19.3 Å². The Kier molecular flexibility index (Phi) is 4.16. The minimum atomic E-state index is 0.0501. The molecule has 0 saturated carbocycles. The van der Waals surface area contributed by atoms with Gasteiger partial charge in [-0.25, -0.2) is 0 Å². The van der Waals surface area contributed by atoms with E-state index in [2.05, 4.69) is 28.4 Å². The lowest BCUT2D eigenvalue weighted by atomic mass is 10.0. The van der Waals surface area contributed by atoms with Gasteiger partial charge < -0.3 is 10.1 Å². The van der Waals surface area contributed by atoms with Crippen molar-refractivity contribution in [3.8, 4) is 5.75 Å². The fourth-order valence-electron chi connectivity index (χ4n) is 2.24. The first-order chi connectivity index (χ1) is 9.17. The van der Waals surface area contributed by atoms with Crippen LogP contribution >= 0.6 is 0 Å². The van der Waals surface area contributed by atoms with Crippen molar-refractivity contribution in [2.24, 2.45) is 7.05 Å². The molecule has 0 spiro atoms. The zero-order chi connectivity index (χ0) is 13.8. The van der Waals surface area contributed by atoms with Crippen LogP contribution in [0.5, 0.6) is 5.75 Å². The quantitative estimate of drug-likeness (QED) is 0.891. The number of hydrogen-bond acceptors (Lipinski definition) is 4. The van der Waals surface area contributed by atoms with Gasteiger partial charge in [0.2, 0.25) is 0 Å². The number of pyridine rings is 1. The molecule has 2 aromatic heterocycles. The zero-order valence-electron chi connectivity index (χ0n) is 11.8. The third-order valence-electron chi connectivity index (χ3n) is 3.10. The summed E-state index contributed by atoms with van der Waals surface area (Å²) in [7, 11) is 3.59. The van der Waals surface area contributed by atoms with E-state index >= 15 is 0 Å². The molecule has 0 radical (unpaired) electrons. The zero-order valence-corrected chi connectivity index (χ0v) is 11.8. The molecule has 5 nitrogen and oxygen atoms in total. The topological polar surface area (TPSA) is 52.0 Å². The standard InChI is InChI=1S/C14H20N4O/c1-5-15-13(11-6-7-16-10(2)8-11)14-12(19-4)9-17-18(14)3/h6-9,13,15H,5H2,1-4H3. The fraction of sp³-hybridized carbons (Fsp3) is 0.429. The van der Waals surface area contributed by atoms with E-state index in [4.69, 9.17) is 4.74 Å². The van der Waals surface area contributed by atoms with E-state index in [1.54, 1.807) is 13.3 Å². The van der Waals surface area contributed by atoms with Gasteiger partial charge >= 0.3 is 0 Å². The molecule has 5 heteroatoms. The van der Waals surface area contributed by atoms with Crippen molar-refractivity contribution in [3.05, 3.63) is 41.5 Å². The maximum atomic E-state index is 5.41. The molecule has 0 fully saturated rings. The second-order valence-electron chi connectivity index (χ2n) is 4.44. The number of methoxy groups -OCH3 is 1. The van der Waals surface area contributed by atoms with E-state index in [0.717, 1.165) is 29.2 Å². The van der Waals surface area contributed by atoms with E-state index in [0.29, 0.717) is 0 Å². The van der Waals surface area contributed by atoms with Gasteiger partial charge in [0.1, 0.15) is 5.69 Å². The lowest BCUT2D eigenvalue weighted by Crippen LogP contribution is -2.25. The van der Waals surface area contributed by atoms with Crippen molar-refractivity contribution >= 4 is 0 Å². The van der Waals surface area contributed by atoms with Gasteiger partial charge in [0.15, 0.2) is 5.75 Å². The molecule has 0 aliphatic carbocycles.